The van der Waals surface area contributed by atoms with Gasteiger partial charge in [0.15, 0.2) is 11.1 Å². The van der Waals surface area contributed by atoms with Gasteiger partial charge in [0.2, 0.25) is 5.91 Å². The summed E-state index contributed by atoms with van der Waals surface area (Å²) >= 11 is 12.2. The molecule has 0 aromatic heterocycles. The van der Waals surface area contributed by atoms with Gasteiger partial charge in [-0.05, 0) is 29.8 Å². The number of amides is 3. The number of anilines is 1. The third-order valence-electron chi connectivity index (χ3n) is 4.98. The Labute approximate surface area is 217 Å². The van der Waals surface area contributed by atoms with Gasteiger partial charge >= 0.3 is 0 Å². The Morgan fingerprint density at radius 1 is 0.917 bits per heavy atom. The summed E-state index contributed by atoms with van der Waals surface area (Å²) in [5.74, 6) is -1.98. The van der Waals surface area contributed by atoms with Gasteiger partial charge in [0, 0.05) is 12.6 Å². The standard InChI is InChI=1S/C21H20Cl2N2O9S2/c1-24(17(26)11-25-20(27)13-6-4-5-7-14(13)21(25)28)16-9-8-12(18(22)33-35(2,29)30)10-15(16)19(23)34-36(3,31)32/h4-10,18-19H,11H2,1-3H3. The summed E-state index contributed by atoms with van der Waals surface area (Å²) in [4.78, 5) is 40.1. The number of imide groups is 1. The molecular formula is C21H20Cl2N2O9S2. The van der Waals surface area contributed by atoms with Crippen molar-refractivity contribution in [1.29, 1.82) is 0 Å². The van der Waals surface area contributed by atoms with Crippen LogP contribution in [0.15, 0.2) is 42.5 Å². The Morgan fingerprint density at radius 2 is 1.42 bits per heavy atom. The van der Waals surface area contributed by atoms with Crippen molar-refractivity contribution < 1.29 is 39.6 Å². The largest absolute Gasteiger partial charge is 0.314 e. The molecule has 0 saturated heterocycles. The van der Waals surface area contributed by atoms with Crippen molar-refractivity contribution in [2.75, 3.05) is 31.0 Å². The molecule has 0 radical (unpaired) electrons. The Bertz CT molecular complexity index is 1410. The summed E-state index contributed by atoms with van der Waals surface area (Å²) in [5.41, 5.74) is -2.74. The van der Waals surface area contributed by atoms with Crippen molar-refractivity contribution in [3.8, 4) is 0 Å². The van der Waals surface area contributed by atoms with Crippen LogP contribution in [0, 0.1) is 0 Å². The van der Waals surface area contributed by atoms with Crippen LogP contribution >= 0.6 is 23.2 Å². The van der Waals surface area contributed by atoms with E-state index in [0.717, 1.165) is 22.3 Å². The lowest BCUT2D eigenvalue weighted by atomic mass is 10.1. The summed E-state index contributed by atoms with van der Waals surface area (Å²) in [7, 11) is -6.69. The van der Waals surface area contributed by atoms with Gasteiger partial charge in [-0.2, -0.15) is 16.8 Å². The van der Waals surface area contributed by atoms with E-state index in [1.807, 2.05) is 0 Å². The molecule has 0 N–H and O–H groups in total. The zero-order chi connectivity index (χ0) is 27.0. The molecule has 1 heterocycles. The molecule has 3 amide bonds. The van der Waals surface area contributed by atoms with Gasteiger partial charge < -0.3 is 4.90 Å². The molecule has 11 nitrogen and oxygen atoms in total. The molecule has 3 rings (SSSR count). The number of benzene rings is 2. The number of halogens is 2. The average Bonchev–Trinajstić information content (AvgIpc) is 3.01. The van der Waals surface area contributed by atoms with Crippen LogP contribution in [0.2, 0.25) is 0 Å². The number of hydrogen-bond donors (Lipinski definition) is 0. The predicted molar refractivity (Wildman–Crippen MR) is 131 cm³/mol. The summed E-state index contributed by atoms with van der Waals surface area (Å²) < 4.78 is 55.7. The first-order valence-electron chi connectivity index (χ1n) is 9.99. The first-order chi connectivity index (χ1) is 16.6. The number of fused-ring (bicyclic) bond motifs is 1. The molecule has 36 heavy (non-hydrogen) atoms. The molecule has 194 valence electrons. The third-order valence-corrected chi connectivity index (χ3v) is 6.94. The molecule has 2 aromatic rings. The maximum atomic E-state index is 13.1. The third kappa shape index (κ3) is 6.41. The van der Waals surface area contributed by atoms with Crippen LogP contribution in [-0.4, -0.2) is 65.6 Å². The number of hydrogen-bond acceptors (Lipinski definition) is 9. The van der Waals surface area contributed by atoms with Crippen LogP contribution in [0.25, 0.3) is 0 Å². The minimum Gasteiger partial charge on any atom is -0.314 e. The lowest BCUT2D eigenvalue weighted by Gasteiger charge is -2.25. The van der Waals surface area contributed by atoms with Crippen LogP contribution in [0.5, 0.6) is 0 Å². The molecule has 2 aromatic carbocycles. The van der Waals surface area contributed by atoms with Crippen LogP contribution in [0.1, 0.15) is 43.0 Å². The second-order valence-corrected chi connectivity index (χ2v) is 11.7. The van der Waals surface area contributed by atoms with Gasteiger partial charge in [-0.15, -0.1) is 0 Å². The van der Waals surface area contributed by atoms with Gasteiger partial charge in [0.05, 0.1) is 29.3 Å². The number of likely N-dealkylation sites (N-methyl/N-ethyl adjacent to an activating group) is 1. The molecule has 0 spiro atoms. The van der Waals surface area contributed by atoms with Crippen molar-refractivity contribution >= 4 is 66.8 Å². The van der Waals surface area contributed by atoms with Crippen molar-refractivity contribution in [3.63, 3.8) is 0 Å². The minimum absolute atomic E-state index is 0.0484. The summed E-state index contributed by atoms with van der Waals surface area (Å²) in [6.45, 7) is -0.612. The first-order valence-corrected chi connectivity index (χ1v) is 14.5. The predicted octanol–water partition coefficient (Wildman–Crippen LogP) is 2.37. The van der Waals surface area contributed by atoms with Crippen molar-refractivity contribution in [1.82, 2.24) is 4.90 Å². The SMILES string of the molecule is CN(C(=O)CN1C(=O)c2ccccc2C1=O)c1ccc(C(Cl)OS(C)(=O)=O)cc1C(Cl)OS(C)(=O)=O. The number of carbonyl (C=O) groups is 3. The summed E-state index contributed by atoms with van der Waals surface area (Å²) in [5, 5.41) is 0. The average molecular weight is 579 g/mol. The van der Waals surface area contributed by atoms with Crippen LogP contribution < -0.4 is 4.90 Å². The monoisotopic (exact) mass is 578 g/mol. The van der Waals surface area contributed by atoms with E-state index in [-0.39, 0.29) is 27.9 Å². The molecule has 0 bridgehead atoms. The van der Waals surface area contributed by atoms with E-state index in [4.69, 9.17) is 31.6 Å². The van der Waals surface area contributed by atoms with E-state index in [9.17, 15) is 31.2 Å². The first kappa shape index (κ1) is 28.0. The number of alkyl halides is 2. The molecule has 0 aliphatic carbocycles. The van der Waals surface area contributed by atoms with Gasteiger partial charge in [-0.1, -0.05) is 41.4 Å². The number of carbonyl (C=O) groups excluding carboxylic acids is 3. The molecule has 1 aliphatic heterocycles. The number of rotatable bonds is 9. The highest BCUT2D eigenvalue weighted by Gasteiger charge is 2.37. The summed E-state index contributed by atoms with van der Waals surface area (Å²) in [6.07, 6.45) is 1.56. The van der Waals surface area contributed by atoms with E-state index in [2.05, 4.69) is 0 Å². The quantitative estimate of drug-likeness (QED) is 0.248. The molecule has 1 aliphatic rings. The van der Waals surface area contributed by atoms with E-state index in [1.165, 1.54) is 37.4 Å². The lowest BCUT2D eigenvalue weighted by molar-refractivity contribution is -0.118. The van der Waals surface area contributed by atoms with Crippen LogP contribution in [0.4, 0.5) is 5.69 Å². The topological polar surface area (TPSA) is 144 Å². The maximum absolute atomic E-state index is 13.1. The van der Waals surface area contributed by atoms with E-state index >= 15 is 0 Å². The number of nitrogens with zero attached hydrogens (tertiary/aromatic N) is 2. The molecule has 2 atom stereocenters. The highest BCUT2D eigenvalue weighted by atomic mass is 35.5. The Hall–Kier alpha value is -2.55. The minimum atomic E-state index is -4.05. The van der Waals surface area contributed by atoms with E-state index in [0.29, 0.717) is 0 Å². The van der Waals surface area contributed by atoms with Gasteiger partial charge in [-0.3, -0.25) is 19.3 Å². The molecule has 15 heteroatoms. The fourth-order valence-corrected chi connectivity index (χ4v) is 5.31. The normalized spacial score (nSPS) is 15.5. The van der Waals surface area contributed by atoms with E-state index in [1.54, 1.807) is 12.1 Å². The van der Waals surface area contributed by atoms with Gasteiger partial charge in [-0.25, -0.2) is 8.37 Å². The van der Waals surface area contributed by atoms with Crippen molar-refractivity contribution in [2.24, 2.45) is 0 Å². The lowest BCUT2D eigenvalue weighted by Crippen LogP contribution is -2.41. The molecule has 0 saturated carbocycles. The molecular weight excluding hydrogens is 559 g/mol. The van der Waals surface area contributed by atoms with Crippen LogP contribution in [0.3, 0.4) is 0 Å². The second-order valence-electron chi connectivity index (χ2n) is 7.75. The Balaban J connectivity index is 1.93. The van der Waals surface area contributed by atoms with Crippen LogP contribution in [-0.2, 0) is 33.4 Å². The fraction of sp³-hybridized carbons (Fsp3) is 0.286. The smallest absolute Gasteiger partial charge is 0.266 e. The van der Waals surface area contributed by atoms with E-state index < -0.39 is 55.6 Å². The van der Waals surface area contributed by atoms with Gasteiger partial charge in [0.1, 0.15) is 6.54 Å². The highest BCUT2D eigenvalue weighted by molar-refractivity contribution is 7.86. The Kier molecular flexibility index (Phi) is 8.13. The summed E-state index contributed by atoms with van der Waals surface area (Å²) in [6, 6.07) is 9.99. The maximum Gasteiger partial charge on any atom is 0.266 e. The molecule has 2 unspecified atom stereocenters. The highest BCUT2D eigenvalue weighted by Crippen LogP contribution is 2.36. The van der Waals surface area contributed by atoms with Crippen molar-refractivity contribution in [2.45, 2.75) is 11.1 Å². The zero-order valence-electron chi connectivity index (χ0n) is 19.0. The Morgan fingerprint density at radius 3 is 1.92 bits per heavy atom. The second kappa shape index (κ2) is 10.4. The zero-order valence-corrected chi connectivity index (χ0v) is 22.2. The van der Waals surface area contributed by atoms with Crippen molar-refractivity contribution in [3.05, 3.63) is 64.7 Å². The van der Waals surface area contributed by atoms with Gasteiger partial charge in [0.25, 0.3) is 32.1 Å². The molecule has 0 fully saturated rings. The fourth-order valence-electron chi connectivity index (χ4n) is 3.37.